The Kier molecular flexibility index (Phi) is 3.79. The Balaban J connectivity index is 1.79. The molecule has 0 aromatic heterocycles. The van der Waals surface area contributed by atoms with Crippen LogP contribution in [-0.2, 0) is 9.47 Å². The lowest BCUT2D eigenvalue weighted by Gasteiger charge is -2.38. The SMILES string of the molecule is O=C(c1cc(F)cc(Br)c1)N1CCCC2(C1)OCCO2. The summed E-state index contributed by atoms with van der Waals surface area (Å²) in [5.74, 6) is -1.27. The summed E-state index contributed by atoms with van der Waals surface area (Å²) in [5.41, 5.74) is 0.340. The van der Waals surface area contributed by atoms with Gasteiger partial charge in [-0.1, -0.05) is 15.9 Å². The number of hydrogen-bond donors (Lipinski definition) is 0. The summed E-state index contributed by atoms with van der Waals surface area (Å²) in [6.45, 7) is 2.17. The van der Waals surface area contributed by atoms with Gasteiger partial charge in [-0.25, -0.2) is 4.39 Å². The normalized spacial score (nSPS) is 21.4. The summed E-state index contributed by atoms with van der Waals surface area (Å²) in [7, 11) is 0. The van der Waals surface area contributed by atoms with Crippen molar-refractivity contribution in [2.75, 3.05) is 26.3 Å². The molecule has 2 heterocycles. The molecule has 0 unspecified atom stereocenters. The average molecular weight is 344 g/mol. The Labute approximate surface area is 125 Å². The lowest BCUT2D eigenvalue weighted by atomic mass is 10.0. The number of piperidine rings is 1. The number of amides is 1. The van der Waals surface area contributed by atoms with Crippen LogP contribution in [0.3, 0.4) is 0 Å². The number of rotatable bonds is 1. The highest BCUT2D eigenvalue weighted by atomic mass is 79.9. The molecular weight excluding hydrogens is 329 g/mol. The van der Waals surface area contributed by atoms with Gasteiger partial charge in [-0.2, -0.15) is 0 Å². The molecule has 2 fully saturated rings. The first-order valence-corrected chi connectivity index (χ1v) is 7.41. The predicted molar refractivity (Wildman–Crippen MR) is 73.9 cm³/mol. The molecule has 4 nitrogen and oxygen atoms in total. The molecule has 108 valence electrons. The molecule has 2 aliphatic rings. The van der Waals surface area contributed by atoms with Gasteiger partial charge in [-0.05, 0) is 24.6 Å². The topological polar surface area (TPSA) is 38.8 Å². The van der Waals surface area contributed by atoms with Crippen LogP contribution in [-0.4, -0.2) is 42.9 Å². The monoisotopic (exact) mass is 343 g/mol. The van der Waals surface area contributed by atoms with Crippen molar-refractivity contribution >= 4 is 21.8 Å². The quantitative estimate of drug-likeness (QED) is 0.786. The Morgan fingerprint density at radius 2 is 2.05 bits per heavy atom. The highest BCUT2D eigenvalue weighted by Gasteiger charge is 2.42. The number of carbonyl (C=O) groups is 1. The number of likely N-dealkylation sites (tertiary alicyclic amines) is 1. The van der Waals surface area contributed by atoms with Crippen molar-refractivity contribution in [3.8, 4) is 0 Å². The third kappa shape index (κ3) is 2.73. The molecule has 0 aliphatic carbocycles. The van der Waals surface area contributed by atoms with Crippen LogP contribution in [0, 0.1) is 5.82 Å². The second-order valence-corrected chi connectivity index (χ2v) is 6.01. The van der Waals surface area contributed by atoms with Crippen LogP contribution in [0.15, 0.2) is 22.7 Å². The van der Waals surface area contributed by atoms with Crippen molar-refractivity contribution in [2.45, 2.75) is 18.6 Å². The summed E-state index contributed by atoms with van der Waals surface area (Å²) in [6, 6.07) is 4.21. The van der Waals surface area contributed by atoms with Gasteiger partial charge < -0.3 is 14.4 Å². The fourth-order valence-electron chi connectivity index (χ4n) is 2.75. The summed E-state index contributed by atoms with van der Waals surface area (Å²) >= 11 is 3.20. The van der Waals surface area contributed by atoms with Gasteiger partial charge in [0.25, 0.3) is 5.91 Å². The maximum Gasteiger partial charge on any atom is 0.254 e. The first kappa shape index (κ1) is 14.0. The van der Waals surface area contributed by atoms with E-state index in [9.17, 15) is 9.18 Å². The van der Waals surface area contributed by atoms with E-state index in [2.05, 4.69) is 15.9 Å². The van der Waals surface area contributed by atoms with E-state index in [1.54, 1.807) is 11.0 Å². The van der Waals surface area contributed by atoms with Gasteiger partial charge >= 0.3 is 0 Å². The van der Waals surface area contributed by atoms with E-state index in [1.165, 1.54) is 12.1 Å². The van der Waals surface area contributed by atoms with Crippen LogP contribution in [0.25, 0.3) is 0 Å². The number of nitrogens with zero attached hydrogens (tertiary/aromatic N) is 1. The zero-order chi connectivity index (χ0) is 14.2. The third-order valence-electron chi connectivity index (χ3n) is 3.63. The number of benzene rings is 1. The molecule has 0 radical (unpaired) electrons. The smallest absolute Gasteiger partial charge is 0.254 e. The molecule has 20 heavy (non-hydrogen) atoms. The molecule has 0 saturated carbocycles. The third-order valence-corrected chi connectivity index (χ3v) is 4.09. The molecule has 1 aromatic carbocycles. The molecule has 2 saturated heterocycles. The lowest BCUT2D eigenvalue weighted by molar-refractivity contribution is -0.183. The fraction of sp³-hybridized carbons (Fsp3) is 0.500. The Morgan fingerprint density at radius 1 is 1.30 bits per heavy atom. The van der Waals surface area contributed by atoms with Crippen LogP contribution in [0.5, 0.6) is 0 Å². The molecule has 1 aromatic rings. The zero-order valence-electron chi connectivity index (χ0n) is 10.9. The Hall–Kier alpha value is -0.980. The molecule has 3 rings (SSSR count). The zero-order valence-corrected chi connectivity index (χ0v) is 12.5. The maximum atomic E-state index is 13.4. The highest BCUT2D eigenvalue weighted by Crippen LogP contribution is 2.31. The first-order valence-electron chi connectivity index (χ1n) is 6.61. The molecule has 1 amide bonds. The molecule has 0 atom stereocenters. The minimum absolute atomic E-state index is 0.191. The first-order chi connectivity index (χ1) is 9.58. The van der Waals surface area contributed by atoms with Gasteiger partial charge in [0, 0.05) is 23.0 Å². The highest BCUT2D eigenvalue weighted by molar-refractivity contribution is 9.10. The van der Waals surface area contributed by atoms with E-state index < -0.39 is 11.6 Å². The van der Waals surface area contributed by atoms with Gasteiger partial charge in [0.2, 0.25) is 0 Å². The summed E-state index contributed by atoms with van der Waals surface area (Å²) in [5, 5.41) is 0. The Morgan fingerprint density at radius 3 is 2.75 bits per heavy atom. The Bertz CT molecular complexity index is 511. The predicted octanol–water partition coefficient (Wildman–Crippen LogP) is 2.57. The van der Waals surface area contributed by atoms with Crippen LogP contribution in [0.2, 0.25) is 0 Å². The van der Waals surface area contributed by atoms with Crippen molar-refractivity contribution < 1.29 is 18.7 Å². The molecule has 6 heteroatoms. The van der Waals surface area contributed by atoms with Crippen LogP contribution >= 0.6 is 15.9 Å². The summed E-state index contributed by atoms with van der Waals surface area (Å²) < 4.78 is 25.2. The lowest BCUT2D eigenvalue weighted by Crippen LogP contribution is -2.51. The minimum Gasteiger partial charge on any atom is -0.346 e. The van der Waals surface area contributed by atoms with E-state index in [-0.39, 0.29) is 5.91 Å². The minimum atomic E-state index is -0.654. The van der Waals surface area contributed by atoms with Crippen LogP contribution in [0.4, 0.5) is 4.39 Å². The van der Waals surface area contributed by atoms with Gasteiger partial charge in [0.05, 0.1) is 19.8 Å². The van der Waals surface area contributed by atoms with Gasteiger partial charge in [-0.15, -0.1) is 0 Å². The standard InChI is InChI=1S/C14H15BrFNO3/c15-11-6-10(7-12(16)8-11)13(18)17-3-1-2-14(9-17)19-4-5-20-14/h6-8H,1-5,9H2. The van der Waals surface area contributed by atoms with E-state index in [0.29, 0.717) is 36.3 Å². The summed E-state index contributed by atoms with van der Waals surface area (Å²) in [6.07, 6.45) is 1.62. The number of ether oxygens (including phenoxy) is 2. The second-order valence-electron chi connectivity index (χ2n) is 5.10. The largest absolute Gasteiger partial charge is 0.346 e. The van der Waals surface area contributed by atoms with Gasteiger partial charge in [0.15, 0.2) is 5.79 Å². The molecule has 2 aliphatic heterocycles. The molecular formula is C14H15BrFNO3. The van der Waals surface area contributed by atoms with E-state index in [0.717, 1.165) is 12.8 Å². The number of halogens is 2. The molecule has 1 spiro atoms. The second kappa shape index (κ2) is 5.42. The van der Waals surface area contributed by atoms with E-state index in [1.807, 2.05) is 0 Å². The van der Waals surface area contributed by atoms with E-state index in [4.69, 9.17) is 9.47 Å². The van der Waals surface area contributed by atoms with E-state index >= 15 is 0 Å². The van der Waals surface area contributed by atoms with Gasteiger partial charge in [-0.3, -0.25) is 4.79 Å². The fourth-order valence-corrected chi connectivity index (χ4v) is 3.22. The molecule has 0 bridgehead atoms. The van der Waals surface area contributed by atoms with Crippen molar-refractivity contribution in [3.63, 3.8) is 0 Å². The number of hydrogen-bond acceptors (Lipinski definition) is 3. The van der Waals surface area contributed by atoms with Crippen LogP contribution < -0.4 is 0 Å². The van der Waals surface area contributed by atoms with Crippen molar-refractivity contribution in [1.82, 2.24) is 4.90 Å². The van der Waals surface area contributed by atoms with Crippen molar-refractivity contribution in [3.05, 3.63) is 34.1 Å². The average Bonchev–Trinajstić information content (AvgIpc) is 2.85. The van der Waals surface area contributed by atoms with Crippen molar-refractivity contribution in [2.24, 2.45) is 0 Å². The maximum absolute atomic E-state index is 13.4. The van der Waals surface area contributed by atoms with Gasteiger partial charge in [0.1, 0.15) is 5.82 Å². The van der Waals surface area contributed by atoms with Crippen molar-refractivity contribution in [1.29, 1.82) is 0 Å². The van der Waals surface area contributed by atoms with Crippen LogP contribution in [0.1, 0.15) is 23.2 Å². The summed E-state index contributed by atoms with van der Waals surface area (Å²) in [4.78, 5) is 14.1. The number of carbonyl (C=O) groups excluding carboxylic acids is 1. The molecule has 0 N–H and O–H groups in total.